The number of benzene rings is 1. The summed E-state index contributed by atoms with van der Waals surface area (Å²) in [6, 6.07) is 9.52. The van der Waals surface area contributed by atoms with Gasteiger partial charge in [0.1, 0.15) is 12.4 Å². The van der Waals surface area contributed by atoms with E-state index in [1.165, 1.54) is 76.1 Å². The molecule has 0 aliphatic rings. The van der Waals surface area contributed by atoms with Crippen LogP contribution in [0.3, 0.4) is 0 Å². The highest BCUT2D eigenvalue weighted by atomic mass is 127. The van der Waals surface area contributed by atoms with Gasteiger partial charge in [-0.3, -0.25) is 4.79 Å². The van der Waals surface area contributed by atoms with Gasteiger partial charge in [-0.15, -0.1) is 0 Å². The van der Waals surface area contributed by atoms with Gasteiger partial charge in [-0.1, -0.05) is 70.4 Å². The fraction of sp³-hybridized carbons (Fsp3) is 0.480. The topological polar surface area (TPSA) is 45.3 Å². The summed E-state index contributed by atoms with van der Waals surface area (Å²) in [5.41, 5.74) is 3.78. The van der Waals surface area contributed by atoms with Crippen LogP contribution >= 0.6 is 0 Å². The lowest BCUT2D eigenvalue weighted by Gasteiger charge is -2.02. The van der Waals surface area contributed by atoms with Gasteiger partial charge in [0, 0.05) is 18.6 Å². The zero-order chi connectivity index (χ0) is 21.4. The molecule has 0 radical (unpaired) electrons. The molecule has 0 unspecified atom stereocenters. The second-order valence-corrected chi connectivity index (χ2v) is 7.76. The van der Waals surface area contributed by atoms with Gasteiger partial charge in [0.05, 0.1) is 11.8 Å². The molecule has 1 aromatic carbocycles. The molecule has 0 saturated carbocycles. The fourth-order valence-corrected chi connectivity index (χ4v) is 3.32. The third-order valence-electron chi connectivity index (χ3n) is 5.17. The van der Waals surface area contributed by atoms with Crippen LogP contribution < -0.4 is 34.0 Å². The molecule has 170 valence electrons. The van der Waals surface area contributed by atoms with Gasteiger partial charge in [-0.05, 0) is 24.1 Å². The van der Waals surface area contributed by atoms with Crippen molar-refractivity contribution in [3.8, 4) is 0 Å². The number of rotatable bonds is 14. The zero-order valence-corrected chi connectivity index (χ0v) is 20.7. The van der Waals surface area contributed by atoms with Crippen molar-refractivity contribution in [1.29, 1.82) is 0 Å². The number of nitrogens with one attached hydrogen (secondary N) is 1. The van der Waals surface area contributed by atoms with Crippen LogP contribution in [0.2, 0.25) is 0 Å². The molecule has 0 aliphatic heterocycles. The molecule has 31 heavy (non-hydrogen) atoms. The second kappa shape index (κ2) is 16.8. The second-order valence-electron chi connectivity index (χ2n) is 7.76. The SMILES string of the molecule is CCCCCCCCCCCC[n+]1ccc(C(=O)NN=Cc2ccc(F)cc2)cc1.[I-]. The first-order chi connectivity index (χ1) is 14.7. The predicted molar refractivity (Wildman–Crippen MR) is 120 cm³/mol. The van der Waals surface area contributed by atoms with Crippen molar-refractivity contribution in [2.24, 2.45) is 5.10 Å². The highest BCUT2D eigenvalue weighted by molar-refractivity contribution is 5.94. The van der Waals surface area contributed by atoms with Crippen LogP contribution in [0.5, 0.6) is 0 Å². The van der Waals surface area contributed by atoms with E-state index < -0.39 is 0 Å². The maximum absolute atomic E-state index is 12.9. The monoisotopic (exact) mass is 539 g/mol. The number of carbonyl (C=O) groups excluding carboxylic acids is 1. The van der Waals surface area contributed by atoms with E-state index in [0.717, 1.165) is 18.5 Å². The Morgan fingerprint density at radius 1 is 0.903 bits per heavy atom. The molecule has 2 rings (SSSR count). The molecule has 0 aliphatic carbocycles. The molecule has 0 atom stereocenters. The van der Waals surface area contributed by atoms with Crippen LogP contribution in [-0.2, 0) is 6.54 Å². The van der Waals surface area contributed by atoms with Crippen LogP contribution in [0.1, 0.15) is 87.1 Å². The predicted octanol–water partition coefficient (Wildman–Crippen LogP) is 2.80. The molecular weight excluding hydrogens is 504 g/mol. The van der Waals surface area contributed by atoms with Crippen molar-refractivity contribution in [2.75, 3.05) is 0 Å². The van der Waals surface area contributed by atoms with Crippen LogP contribution in [0.4, 0.5) is 4.39 Å². The average molecular weight is 539 g/mol. The third-order valence-corrected chi connectivity index (χ3v) is 5.17. The first kappa shape index (κ1) is 27.2. The van der Waals surface area contributed by atoms with E-state index >= 15 is 0 Å². The Morgan fingerprint density at radius 3 is 2.03 bits per heavy atom. The molecule has 0 saturated heterocycles. The molecule has 2 aromatic rings. The number of carbonyl (C=O) groups is 1. The highest BCUT2D eigenvalue weighted by Crippen LogP contribution is 2.10. The maximum atomic E-state index is 12.9. The Labute approximate surface area is 203 Å². The first-order valence-electron chi connectivity index (χ1n) is 11.3. The van der Waals surface area contributed by atoms with Gasteiger partial charge in [0.2, 0.25) is 0 Å². The lowest BCUT2D eigenvalue weighted by atomic mass is 10.1. The lowest BCUT2D eigenvalue weighted by Crippen LogP contribution is -3.00. The Bertz CT molecular complexity index is 763. The largest absolute Gasteiger partial charge is 1.00 e. The van der Waals surface area contributed by atoms with E-state index in [1.807, 2.05) is 12.4 Å². The number of hydrogen-bond donors (Lipinski definition) is 1. The number of hydrazone groups is 1. The summed E-state index contributed by atoms with van der Waals surface area (Å²) in [6.07, 6.45) is 18.6. The Hall–Kier alpha value is -1.83. The minimum absolute atomic E-state index is 0. The van der Waals surface area contributed by atoms with Gasteiger partial charge < -0.3 is 24.0 Å². The molecule has 0 fully saturated rings. The number of amides is 1. The lowest BCUT2D eigenvalue weighted by molar-refractivity contribution is -0.697. The van der Waals surface area contributed by atoms with Gasteiger partial charge in [0.25, 0.3) is 5.91 Å². The summed E-state index contributed by atoms with van der Waals surface area (Å²) in [5.74, 6) is -0.564. The molecule has 4 nitrogen and oxygen atoms in total. The maximum Gasteiger partial charge on any atom is 0.271 e. The van der Waals surface area contributed by atoms with E-state index in [-0.39, 0.29) is 35.7 Å². The summed E-state index contributed by atoms with van der Waals surface area (Å²) < 4.78 is 15.0. The summed E-state index contributed by atoms with van der Waals surface area (Å²) in [6.45, 7) is 3.23. The number of pyridine rings is 1. The molecule has 1 heterocycles. The number of aromatic nitrogens is 1. The molecule has 1 N–H and O–H groups in total. The molecule has 1 amide bonds. The average Bonchev–Trinajstić information content (AvgIpc) is 2.77. The Kier molecular flexibility index (Phi) is 14.8. The highest BCUT2D eigenvalue weighted by Gasteiger charge is 2.07. The van der Waals surface area contributed by atoms with Crippen molar-refractivity contribution in [3.05, 3.63) is 65.7 Å². The van der Waals surface area contributed by atoms with Crippen LogP contribution in [0.15, 0.2) is 53.9 Å². The van der Waals surface area contributed by atoms with E-state index in [9.17, 15) is 9.18 Å². The molecular formula is C25H35FIN3O. The summed E-state index contributed by atoms with van der Waals surface area (Å²) >= 11 is 0. The summed E-state index contributed by atoms with van der Waals surface area (Å²) in [5, 5.41) is 3.92. The van der Waals surface area contributed by atoms with Crippen LogP contribution in [-0.4, -0.2) is 12.1 Å². The number of nitrogens with zero attached hydrogens (tertiary/aromatic N) is 2. The molecule has 6 heteroatoms. The number of aryl methyl sites for hydroxylation is 1. The van der Waals surface area contributed by atoms with Gasteiger partial charge in [-0.25, -0.2) is 14.4 Å². The minimum Gasteiger partial charge on any atom is -1.00 e. The van der Waals surface area contributed by atoms with Crippen LogP contribution in [0.25, 0.3) is 0 Å². The van der Waals surface area contributed by atoms with Crippen molar-refractivity contribution in [2.45, 2.75) is 77.7 Å². The quantitative estimate of drug-likeness (QED) is 0.130. The summed E-state index contributed by atoms with van der Waals surface area (Å²) in [4.78, 5) is 12.1. The fourth-order valence-electron chi connectivity index (χ4n) is 3.32. The Balaban J connectivity index is 0.00000480. The van der Waals surface area contributed by atoms with Gasteiger partial charge in [0.15, 0.2) is 12.4 Å². The molecule has 0 bridgehead atoms. The van der Waals surface area contributed by atoms with Crippen molar-refractivity contribution >= 4 is 12.1 Å². The third kappa shape index (κ3) is 12.0. The number of halogens is 2. The molecule has 1 aromatic heterocycles. The van der Waals surface area contributed by atoms with Crippen LogP contribution in [0, 0.1) is 5.82 Å². The standard InChI is InChI=1S/C25H34FN3O.HI/c1-2-3-4-5-6-7-8-9-10-11-18-29-19-16-23(17-20-29)25(30)28-27-21-22-12-14-24(26)15-13-22;/h12-17,19-21H,2-11,18H2,1H3;1H. The molecule has 0 spiro atoms. The van der Waals surface area contributed by atoms with E-state index in [1.54, 1.807) is 24.3 Å². The smallest absolute Gasteiger partial charge is 0.271 e. The van der Waals surface area contributed by atoms with Gasteiger partial charge >= 0.3 is 0 Å². The van der Waals surface area contributed by atoms with Crippen molar-refractivity contribution in [3.63, 3.8) is 0 Å². The van der Waals surface area contributed by atoms with E-state index in [0.29, 0.717) is 5.56 Å². The first-order valence-corrected chi connectivity index (χ1v) is 11.3. The zero-order valence-electron chi connectivity index (χ0n) is 18.5. The summed E-state index contributed by atoms with van der Waals surface area (Å²) in [7, 11) is 0. The van der Waals surface area contributed by atoms with Crippen molar-refractivity contribution < 1.29 is 37.7 Å². The number of unbranched alkanes of at least 4 members (excludes halogenated alkanes) is 9. The van der Waals surface area contributed by atoms with Gasteiger partial charge in [-0.2, -0.15) is 5.10 Å². The normalized spacial score (nSPS) is 10.8. The minimum atomic E-state index is -0.299. The van der Waals surface area contributed by atoms with E-state index in [4.69, 9.17) is 0 Å². The number of hydrogen-bond acceptors (Lipinski definition) is 2. The Morgan fingerprint density at radius 2 is 1.45 bits per heavy atom. The van der Waals surface area contributed by atoms with Crippen molar-refractivity contribution in [1.82, 2.24) is 5.43 Å². The van der Waals surface area contributed by atoms with E-state index in [2.05, 4.69) is 22.0 Å².